The highest BCUT2D eigenvalue weighted by Crippen LogP contribution is 2.33. The molecule has 3 rings (SSSR count). The first kappa shape index (κ1) is 12.7. The van der Waals surface area contributed by atoms with Gasteiger partial charge < -0.3 is 10.8 Å². The van der Waals surface area contributed by atoms with Crippen LogP contribution in [0.2, 0.25) is 0 Å². The van der Waals surface area contributed by atoms with Crippen LogP contribution in [-0.2, 0) is 0 Å². The Morgan fingerprint density at radius 3 is 2.63 bits per heavy atom. The number of benzene rings is 1. The first-order valence-electron chi connectivity index (χ1n) is 6.44. The van der Waals surface area contributed by atoms with E-state index in [4.69, 9.17) is 5.73 Å². The van der Waals surface area contributed by atoms with E-state index >= 15 is 0 Å². The number of aliphatic hydroxyl groups is 1. The Balaban J connectivity index is 1.94. The van der Waals surface area contributed by atoms with Crippen LogP contribution in [-0.4, -0.2) is 21.0 Å². The van der Waals surface area contributed by atoms with E-state index in [1.54, 1.807) is 4.68 Å². The Bertz CT molecular complexity index is 579. The fourth-order valence-corrected chi connectivity index (χ4v) is 2.91. The lowest BCUT2D eigenvalue weighted by molar-refractivity contribution is 0.131. The highest BCUT2D eigenvalue weighted by molar-refractivity contribution is 9.10. The molecule has 100 valence electrons. The number of nitrogens with zero attached hydrogens (tertiary/aromatic N) is 2. The number of anilines is 1. The van der Waals surface area contributed by atoms with Crippen molar-refractivity contribution < 1.29 is 5.11 Å². The van der Waals surface area contributed by atoms with Gasteiger partial charge in [0.2, 0.25) is 0 Å². The Hall–Kier alpha value is -1.33. The molecule has 0 amide bonds. The monoisotopic (exact) mass is 321 g/mol. The molecule has 1 aliphatic carbocycles. The minimum atomic E-state index is -0.333. The lowest BCUT2D eigenvalue weighted by Crippen LogP contribution is -2.20. The molecule has 1 aliphatic rings. The quantitative estimate of drug-likeness (QED) is 0.893. The zero-order valence-corrected chi connectivity index (χ0v) is 12.0. The van der Waals surface area contributed by atoms with Crippen molar-refractivity contribution in [3.8, 4) is 11.3 Å². The minimum absolute atomic E-state index is 0.0178. The number of aromatic nitrogens is 2. The third-order valence-corrected chi connectivity index (χ3v) is 4.19. The second-order valence-corrected chi connectivity index (χ2v) is 5.89. The molecule has 0 bridgehead atoms. The summed E-state index contributed by atoms with van der Waals surface area (Å²) in [4.78, 5) is 0. The van der Waals surface area contributed by atoms with E-state index in [2.05, 4.69) is 21.0 Å². The van der Waals surface area contributed by atoms with Gasteiger partial charge in [0, 0.05) is 16.1 Å². The zero-order chi connectivity index (χ0) is 13.4. The first-order valence-corrected chi connectivity index (χ1v) is 7.23. The summed E-state index contributed by atoms with van der Waals surface area (Å²) in [5, 5.41) is 14.5. The van der Waals surface area contributed by atoms with Gasteiger partial charge in [0.05, 0.1) is 17.8 Å². The van der Waals surface area contributed by atoms with E-state index in [-0.39, 0.29) is 12.1 Å². The van der Waals surface area contributed by atoms with E-state index in [1.807, 2.05) is 30.3 Å². The third kappa shape index (κ3) is 2.40. The summed E-state index contributed by atoms with van der Waals surface area (Å²) in [5.41, 5.74) is 7.91. The van der Waals surface area contributed by atoms with Gasteiger partial charge in [-0.1, -0.05) is 28.1 Å². The lowest BCUT2D eigenvalue weighted by Gasteiger charge is -2.16. The van der Waals surface area contributed by atoms with Crippen LogP contribution in [0.4, 0.5) is 5.82 Å². The molecular formula is C14H16BrN3O. The summed E-state index contributed by atoms with van der Waals surface area (Å²) in [6, 6.07) is 9.85. The van der Waals surface area contributed by atoms with Gasteiger partial charge in [0.25, 0.3) is 0 Å². The maximum Gasteiger partial charge on any atom is 0.122 e. The van der Waals surface area contributed by atoms with Crippen molar-refractivity contribution in [2.45, 2.75) is 31.4 Å². The molecule has 19 heavy (non-hydrogen) atoms. The molecule has 4 nitrogen and oxygen atoms in total. The van der Waals surface area contributed by atoms with Gasteiger partial charge in [0.1, 0.15) is 5.82 Å². The average Bonchev–Trinajstić information content (AvgIpc) is 2.96. The molecule has 2 unspecified atom stereocenters. The second kappa shape index (κ2) is 4.98. The van der Waals surface area contributed by atoms with Crippen molar-refractivity contribution in [3.05, 3.63) is 34.8 Å². The van der Waals surface area contributed by atoms with Crippen molar-refractivity contribution in [1.29, 1.82) is 0 Å². The van der Waals surface area contributed by atoms with Gasteiger partial charge in [-0.15, -0.1) is 0 Å². The summed E-state index contributed by atoms with van der Waals surface area (Å²) in [6.07, 6.45) is 2.46. The lowest BCUT2D eigenvalue weighted by atomic mass is 10.2. The van der Waals surface area contributed by atoms with Crippen molar-refractivity contribution in [2.75, 3.05) is 5.73 Å². The topological polar surface area (TPSA) is 64.1 Å². The summed E-state index contributed by atoms with van der Waals surface area (Å²) in [7, 11) is 0. The van der Waals surface area contributed by atoms with Gasteiger partial charge in [-0.2, -0.15) is 5.10 Å². The van der Waals surface area contributed by atoms with E-state index in [1.165, 1.54) is 0 Å². The Morgan fingerprint density at radius 2 is 2.00 bits per heavy atom. The number of aliphatic hydroxyl groups excluding tert-OH is 1. The molecule has 1 aromatic heterocycles. The number of hydrogen-bond acceptors (Lipinski definition) is 3. The Labute approximate surface area is 120 Å². The van der Waals surface area contributed by atoms with Gasteiger partial charge in [-0.05, 0) is 31.4 Å². The molecule has 1 fully saturated rings. The predicted octanol–water partition coefficient (Wildman–Crippen LogP) is 2.98. The normalized spacial score (nSPS) is 22.8. The van der Waals surface area contributed by atoms with E-state index in [9.17, 15) is 5.11 Å². The Morgan fingerprint density at radius 1 is 1.26 bits per heavy atom. The molecule has 0 spiro atoms. The van der Waals surface area contributed by atoms with Crippen LogP contribution in [0.1, 0.15) is 25.3 Å². The van der Waals surface area contributed by atoms with Crippen LogP contribution in [0.15, 0.2) is 34.8 Å². The number of hydrogen-bond donors (Lipinski definition) is 2. The van der Waals surface area contributed by atoms with Gasteiger partial charge in [0.15, 0.2) is 0 Å². The molecule has 0 radical (unpaired) electrons. The summed E-state index contributed by atoms with van der Waals surface area (Å²) in [6.45, 7) is 0. The minimum Gasteiger partial charge on any atom is -0.391 e. The number of nitrogens with two attached hydrogens (primary N) is 1. The van der Waals surface area contributed by atoms with Gasteiger partial charge >= 0.3 is 0 Å². The molecule has 1 saturated carbocycles. The highest BCUT2D eigenvalue weighted by Gasteiger charge is 2.29. The molecule has 1 heterocycles. The van der Waals surface area contributed by atoms with Crippen molar-refractivity contribution in [3.63, 3.8) is 0 Å². The maximum atomic E-state index is 9.96. The molecule has 5 heteroatoms. The highest BCUT2D eigenvalue weighted by atomic mass is 79.9. The molecule has 2 atom stereocenters. The van der Waals surface area contributed by atoms with Crippen molar-refractivity contribution in [1.82, 2.24) is 9.78 Å². The SMILES string of the molecule is Nc1cc(-c2ccc(Br)cc2)nn1C1CCCC1O. The standard InChI is InChI=1S/C14H16BrN3O/c15-10-6-4-9(5-7-10)11-8-14(16)18(17-11)12-2-1-3-13(12)19/h4-8,12-13,19H,1-3,16H2. The smallest absolute Gasteiger partial charge is 0.122 e. The maximum absolute atomic E-state index is 9.96. The number of halogens is 1. The van der Waals surface area contributed by atoms with Crippen LogP contribution >= 0.6 is 15.9 Å². The second-order valence-electron chi connectivity index (χ2n) is 4.97. The molecule has 0 aliphatic heterocycles. The van der Waals surface area contributed by atoms with E-state index in [0.717, 1.165) is 35.0 Å². The van der Waals surface area contributed by atoms with Crippen molar-refractivity contribution >= 4 is 21.7 Å². The molecule has 3 N–H and O–H groups in total. The molecule has 2 aromatic rings. The number of nitrogen functional groups attached to an aromatic ring is 1. The summed E-state index contributed by atoms with van der Waals surface area (Å²) < 4.78 is 2.81. The van der Waals surface area contributed by atoms with Gasteiger partial charge in [-0.25, -0.2) is 4.68 Å². The number of rotatable bonds is 2. The predicted molar refractivity (Wildman–Crippen MR) is 78.7 cm³/mol. The zero-order valence-electron chi connectivity index (χ0n) is 10.5. The van der Waals surface area contributed by atoms with Gasteiger partial charge in [-0.3, -0.25) is 0 Å². The molecule has 0 saturated heterocycles. The van der Waals surface area contributed by atoms with Crippen LogP contribution in [0, 0.1) is 0 Å². The fourth-order valence-electron chi connectivity index (χ4n) is 2.64. The summed E-state index contributed by atoms with van der Waals surface area (Å²) in [5.74, 6) is 0.615. The van der Waals surface area contributed by atoms with E-state index in [0.29, 0.717) is 5.82 Å². The Kier molecular flexibility index (Phi) is 3.33. The fraction of sp³-hybridized carbons (Fsp3) is 0.357. The molecular weight excluding hydrogens is 306 g/mol. The average molecular weight is 322 g/mol. The van der Waals surface area contributed by atoms with Crippen LogP contribution in [0.5, 0.6) is 0 Å². The van der Waals surface area contributed by atoms with Crippen LogP contribution in [0.3, 0.4) is 0 Å². The molecule has 1 aromatic carbocycles. The largest absolute Gasteiger partial charge is 0.391 e. The summed E-state index contributed by atoms with van der Waals surface area (Å²) >= 11 is 3.42. The van der Waals surface area contributed by atoms with Crippen molar-refractivity contribution in [2.24, 2.45) is 0 Å². The van der Waals surface area contributed by atoms with Crippen LogP contribution in [0.25, 0.3) is 11.3 Å². The van der Waals surface area contributed by atoms with E-state index < -0.39 is 0 Å². The third-order valence-electron chi connectivity index (χ3n) is 3.66. The van der Waals surface area contributed by atoms with Crippen LogP contribution < -0.4 is 5.73 Å². The first-order chi connectivity index (χ1) is 9.15.